The van der Waals surface area contributed by atoms with Crippen molar-refractivity contribution < 1.29 is 4.79 Å². The predicted octanol–water partition coefficient (Wildman–Crippen LogP) is 3.27. The monoisotopic (exact) mass is 327 g/mol. The van der Waals surface area contributed by atoms with E-state index in [-0.39, 0.29) is 11.9 Å². The smallest absolute Gasteiger partial charge is 0.321 e. The molecule has 0 saturated carbocycles. The fourth-order valence-electron chi connectivity index (χ4n) is 3.34. The topological polar surface area (TPSA) is 63.1 Å². The quantitative estimate of drug-likeness (QED) is 0.937. The lowest BCUT2D eigenvalue weighted by Crippen LogP contribution is -2.42. The number of hydrogen-bond donors (Lipinski definition) is 1. The van der Waals surface area contributed by atoms with Crippen LogP contribution in [-0.2, 0) is 13.0 Å². The number of carbonyl (C=O) groups excluding carboxylic acids is 1. The van der Waals surface area contributed by atoms with Crippen LogP contribution in [0.3, 0.4) is 0 Å². The number of carbonyl (C=O) groups is 1. The first-order chi connectivity index (χ1) is 11.7. The molecular formula is C18H25N5O. The highest BCUT2D eigenvalue weighted by Crippen LogP contribution is 2.26. The van der Waals surface area contributed by atoms with Gasteiger partial charge in [0.15, 0.2) is 0 Å². The van der Waals surface area contributed by atoms with E-state index in [0.717, 1.165) is 49.4 Å². The number of rotatable bonds is 4. The van der Waals surface area contributed by atoms with Crippen molar-refractivity contribution in [2.24, 2.45) is 0 Å². The molecule has 24 heavy (non-hydrogen) atoms. The van der Waals surface area contributed by atoms with Gasteiger partial charge in [-0.15, -0.1) is 10.2 Å². The molecule has 0 bridgehead atoms. The summed E-state index contributed by atoms with van der Waals surface area (Å²) in [7, 11) is 0. The lowest BCUT2D eigenvalue weighted by molar-refractivity contribution is 0.190. The van der Waals surface area contributed by atoms with Crippen molar-refractivity contribution >= 4 is 11.7 Å². The Kier molecular flexibility index (Phi) is 5.13. The normalized spacial score (nSPS) is 17.8. The minimum atomic E-state index is -0.0248. The Morgan fingerprint density at radius 1 is 1.33 bits per heavy atom. The number of nitrogens with one attached hydrogen (secondary N) is 1. The molecule has 2 amide bonds. The average molecular weight is 327 g/mol. The van der Waals surface area contributed by atoms with Crippen molar-refractivity contribution in [3.63, 3.8) is 0 Å². The van der Waals surface area contributed by atoms with Crippen LogP contribution < -0.4 is 5.32 Å². The van der Waals surface area contributed by atoms with Crippen molar-refractivity contribution in [2.45, 2.75) is 45.6 Å². The molecule has 1 fully saturated rings. The maximum Gasteiger partial charge on any atom is 0.321 e. The zero-order chi connectivity index (χ0) is 16.9. The van der Waals surface area contributed by atoms with E-state index in [1.54, 1.807) is 6.33 Å². The van der Waals surface area contributed by atoms with E-state index >= 15 is 0 Å². The predicted molar refractivity (Wildman–Crippen MR) is 94.1 cm³/mol. The van der Waals surface area contributed by atoms with Gasteiger partial charge >= 0.3 is 6.03 Å². The van der Waals surface area contributed by atoms with Crippen molar-refractivity contribution in [1.82, 2.24) is 19.7 Å². The van der Waals surface area contributed by atoms with Gasteiger partial charge in [0.1, 0.15) is 12.2 Å². The van der Waals surface area contributed by atoms with Gasteiger partial charge in [0.25, 0.3) is 0 Å². The number of urea groups is 1. The van der Waals surface area contributed by atoms with Gasteiger partial charge in [-0.3, -0.25) is 0 Å². The van der Waals surface area contributed by atoms with Crippen LogP contribution in [0.2, 0.25) is 0 Å². The highest BCUT2D eigenvalue weighted by Gasteiger charge is 2.28. The van der Waals surface area contributed by atoms with Crippen molar-refractivity contribution in [3.05, 3.63) is 42.0 Å². The zero-order valence-corrected chi connectivity index (χ0v) is 14.4. The first-order valence-electron chi connectivity index (χ1n) is 8.74. The van der Waals surface area contributed by atoms with Crippen molar-refractivity contribution in [2.75, 3.05) is 18.4 Å². The molecule has 1 aliphatic rings. The molecule has 1 aromatic carbocycles. The van der Waals surface area contributed by atoms with Crippen molar-refractivity contribution in [3.8, 4) is 0 Å². The van der Waals surface area contributed by atoms with E-state index in [4.69, 9.17) is 0 Å². The van der Waals surface area contributed by atoms with Crippen LogP contribution >= 0.6 is 0 Å². The molecular weight excluding hydrogens is 302 g/mol. The Hall–Kier alpha value is -2.37. The van der Waals surface area contributed by atoms with Gasteiger partial charge in [0.2, 0.25) is 0 Å². The molecule has 3 rings (SSSR count). The van der Waals surface area contributed by atoms with Gasteiger partial charge in [-0.25, -0.2) is 4.79 Å². The van der Waals surface area contributed by atoms with E-state index in [9.17, 15) is 4.79 Å². The molecule has 1 N–H and O–H groups in total. The summed E-state index contributed by atoms with van der Waals surface area (Å²) in [6.45, 7) is 6.52. The number of aryl methyl sites for hydroxylation is 2. The lowest BCUT2D eigenvalue weighted by Gasteiger charge is -2.32. The van der Waals surface area contributed by atoms with Gasteiger partial charge in [-0.05, 0) is 37.8 Å². The first-order valence-corrected chi connectivity index (χ1v) is 8.74. The van der Waals surface area contributed by atoms with Crippen LogP contribution in [0.25, 0.3) is 0 Å². The molecule has 1 saturated heterocycles. The summed E-state index contributed by atoms with van der Waals surface area (Å²) in [5, 5.41) is 11.4. The molecule has 6 nitrogen and oxygen atoms in total. The lowest BCUT2D eigenvalue weighted by atomic mass is 9.97. The summed E-state index contributed by atoms with van der Waals surface area (Å²) in [4.78, 5) is 14.6. The van der Waals surface area contributed by atoms with Crippen LogP contribution in [0.5, 0.6) is 0 Å². The largest absolute Gasteiger partial charge is 0.324 e. The number of aromatic nitrogens is 3. The van der Waals surface area contributed by atoms with Crippen LogP contribution in [0.1, 0.15) is 44.0 Å². The highest BCUT2D eigenvalue weighted by atomic mass is 16.2. The molecule has 2 heterocycles. The van der Waals surface area contributed by atoms with Gasteiger partial charge < -0.3 is 14.8 Å². The third-order valence-electron chi connectivity index (χ3n) is 4.70. The number of para-hydroxylation sites is 1. The summed E-state index contributed by atoms with van der Waals surface area (Å²) < 4.78 is 2.07. The number of benzene rings is 1. The zero-order valence-electron chi connectivity index (χ0n) is 14.4. The van der Waals surface area contributed by atoms with Crippen LogP contribution in [0.15, 0.2) is 30.6 Å². The van der Waals surface area contributed by atoms with Crippen LogP contribution in [0, 0.1) is 0 Å². The number of piperidine rings is 1. The van der Waals surface area contributed by atoms with E-state index in [2.05, 4.69) is 40.0 Å². The van der Waals surface area contributed by atoms with E-state index in [1.807, 2.05) is 23.1 Å². The van der Waals surface area contributed by atoms with Crippen LogP contribution in [0.4, 0.5) is 10.5 Å². The van der Waals surface area contributed by atoms with E-state index in [1.165, 1.54) is 0 Å². The maximum absolute atomic E-state index is 12.7. The minimum Gasteiger partial charge on any atom is -0.324 e. The summed E-state index contributed by atoms with van der Waals surface area (Å²) in [6, 6.07) is 7.95. The van der Waals surface area contributed by atoms with Gasteiger partial charge in [0.05, 0.1) is 0 Å². The molecule has 128 valence electrons. The highest BCUT2D eigenvalue weighted by molar-refractivity contribution is 5.90. The number of likely N-dealkylation sites (tertiary alicyclic amines) is 1. The Balaban J connectivity index is 1.69. The standard InChI is InChI=1S/C18H25N5O/c1-3-14-8-5-6-10-16(14)20-18(24)23-11-7-9-15(12-23)17-21-19-13-22(17)4-2/h5-6,8,10,13,15H,3-4,7,9,11-12H2,1-2H3,(H,20,24)/t15-/m0/s1. The second-order valence-corrected chi connectivity index (χ2v) is 6.20. The molecule has 0 spiro atoms. The maximum atomic E-state index is 12.7. The Bertz CT molecular complexity index is 696. The van der Waals surface area contributed by atoms with E-state index in [0.29, 0.717) is 6.54 Å². The second-order valence-electron chi connectivity index (χ2n) is 6.20. The summed E-state index contributed by atoms with van der Waals surface area (Å²) in [6.07, 6.45) is 4.71. The number of hydrogen-bond acceptors (Lipinski definition) is 3. The molecule has 0 radical (unpaired) electrons. The fourth-order valence-corrected chi connectivity index (χ4v) is 3.34. The summed E-state index contributed by atoms with van der Waals surface area (Å²) in [5.41, 5.74) is 2.06. The molecule has 1 aromatic heterocycles. The average Bonchev–Trinajstić information content (AvgIpc) is 3.11. The van der Waals surface area contributed by atoms with Gasteiger partial charge in [-0.2, -0.15) is 0 Å². The number of nitrogens with zero attached hydrogens (tertiary/aromatic N) is 4. The Morgan fingerprint density at radius 3 is 2.96 bits per heavy atom. The van der Waals surface area contributed by atoms with Crippen molar-refractivity contribution in [1.29, 1.82) is 0 Å². The summed E-state index contributed by atoms with van der Waals surface area (Å²) in [5.74, 6) is 1.25. The Morgan fingerprint density at radius 2 is 2.17 bits per heavy atom. The second kappa shape index (κ2) is 7.47. The van der Waals surface area contributed by atoms with Crippen LogP contribution in [-0.4, -0.2) is 38.8 Å². The molecule has 0 aliphatic carbocycles. The van der Waals surface area contributed by atoms with E-state index < -0.39 is 0 Å². The van der Waals surface area contributed by atoms with Gasteiger partial charge in [-0.1, -0.05) is 25.1 Å². The number of amides is 2. The molecule has 2 aromatic rings. The number of anilines is 1. The molecule has 0 unspecified atom stereocenters. The summed E-state index contributed by atoms with van der Waals surface area (Å²) >= 11 is 0. The molecule has 1 aliphatic heterocycles. The molecule has 6 heteroatoms. The van der Waals surface area contributed by atoms with Gasteiger partial charge in [0, 0.05) is 31.2 Å². The Labute approximate surface area is 142 Å². The third-order valence-corrected chi connectivity index (χ3v) is 4.70. The molecule has 1 atom stereocenters. The third kappa shape index (κ3) is 3.42. The minimum absolute atomic E-state index is 0.0248. The fraction of sp³-hybridized carbons (Fsp3) is 0.500. The first kappa shape index (κ1) is 16.5. The SMILES string of the molecule is CCc1ccccc1NC(=O)N1CCC[C@H](c2nncn2CC)C1.